The summed E-state index contributed by atoms with van der Waals surface area (Å²) in [4.78, 5) is 15.5. The number of hydrogen-bond donors (Lipinski definition) is 0. The molecule has 0 aliphatic carbocycles. The fourth-order valence-electron chi connectivity index (χ4n) is 4.50. The third-order valence-electron chi connectivity index (χ3n) is 5.78. The first kappa shape index (κ1) is 21.9. The summed E-state index contributed by atoms with van der Waals surface area (Å²) in [6.07, 6.45) is 2.92. The van der Waals surface area contributed by atoms with Gasteiger partial charge in [0.15, 0.2) is 0 Å². The van der Waals surface area contributed by atoms with Gasteiger partial charge in [-0.1, -0.05) is 48.3 Å². The molecule has 29 heavy (non-hydrogen) atoms. The van der Waals surface area contributed by atoms with Crippen molar-refractivity contribution in [2.45, 2.75) is 51.6 Å². The molecule has 1 heterocycles. The molecule has 0 bridgehead atoms. The van der Waals surface area contributed by atoms with Crippen molar-refractivity contribution in [3.8, 4) is 0 Å². The first-order valence-corrected chi connectivity index (χ1v) is 10.6. The molecule has 1 aliphatic rings. The second kappa shape index (κ2) is 8.49. The van der Waals surface area contributed by atoms with Gasteiger partial charge in [-0.05, 0) is 68.1 Å². The molecule has 3 rings (SSSR count). The van der Waals surface area contributed by atoms with Gasteiger partial charge in [-0.2, -0.15) is 0 Å². The predicted molar refractivity (Wildman–Crippen MR) is 118 cm³/mol. The second-order valence-corrected chi connectivity index (χ2v) is 9.24. The summed E-state index contributed by atoms with van der Waals surface area (Å²) < 4.78 is 14.2. The van der Waals surface area contributed by atoms with Crippen LogP contribution < -0.4 is 0 Å². The van der Waals surface area contributed by atoms with Gasteiger partial charge in [-0.15, -0.1) is 6.58 Å². The Morgan fingerprint density at radius 2 is 1.83 bits per heavy atom. The van der Waals surface area contributed by atoms with Crippen molar-refractivity contribution in [3.05, 3.63) is 82.1 Å². The Balaban J connectivity index is 2.21. The molecule has 1 amide bonds. The van der Waals surface area contributed by atoms with Crippen molar-refractivity contribution in [1.29, 1.82) is 0 Å². The van der Waals surface area contributed by atoms with Crippen molar-refractivity contribution in [2.75, 3.05) is 0 Å². The summed E-state index contributed by atoms with van der Waals surface area (Å²) in [5, 5.41) is 0.988. The van der Waals surface area contributed by atoms with Crippen LogP contribution in [0.2, 0.25) is 10.0 Å². The summed E-state index contributed by atoms with van der Waals surface area (Å²) in [5.74, 6) is -0.402. The summed E-state index contributed by atoms with van der Waals surface area (Å²) in [6.45, 7) is 9.84. The van der Waals surface area contributed by atoms with Crippen LogP contribution in [0.4, 0.5) is 4.39 Å². The lowest BCUT2D eigenvalue weighted by molar-refractivity contribution is -0.153. The van der Waals surface area contributed by atoms with Gasteiger partial charge >= 0.3 is 0 Å². The molecule has 0 radical (unpaired) electrons. The Morgan fingerprint density at radius 3 is 2.38 bits per heavy atom. The quantitative estimate of drug-likeness (QED) is 0.457. The summed E-state index contributed by atoms with van der Waals surface area (Å²) >= 11 is 12.3. The van der Waals surface area contributed by atoms with E-state index < -0.39 is 5.41 Å². The Hall–Kier alpha value is -1.84. The van der Waals surface area contributed by atoms with Gasteiger partial charge in [0.05, 0.1) is 11.5 Å². The lowest BCUT2D eigenvalue weighted by Gasteiger charge is -2.51. The molecule has 1 fully saturated rings. The average Bonchev–Trinajstić information content (AvgIpc) is 2.63. The highest BCUT2D eigenvalue weighted by Crippen LogP contribution is 2.52. The van der Waals surface area contributed by atoms with E-state index in [0.717, 1.165) is 11.1 Å². The number of halogens is 3. The van der Waals surface area contributed by atoms with E-state index in [1.54, 1.807) is 12.1 Å². The van der Waals surface area contributed by atoms with E-state index in [4.69, 9.17) is 23.2 Å². The van der Waals surface area contributed by atoms with E-state index in [-0.39, 0.29) is 29.7 Å². The summed E-state index contributed by atoms with van der Waals surface area (Å²) in [7, 11) is 0. The molecule has 0 N–H and O–H groups in total. The molecular weight excluding hydrogens is 408 g/mol. The van der Waals surface area contributed by atoms with Crippen LogP contribution >= 0.6 is 23.2 Å². The molecule has 1 aliphatic heterocycles. The van der Waals surface area contributed by atoms with Crippen molar-refractivity contribution >= 4 is 29.1 Å². The molecule has 0 aromatic heterocycles. The Bertz CT molecular complexity index is 891. The number of rotatable bonds is 5. The van der Waals surface area contributed by atoms with Crippen molar-refractivity contribution in [2.24, 2.45) is 5.41 Å². The van der Waals surface area contributed by atoms with Crippen LogP contribution in [0.25, 0.3) is 0 Å². The maximum absolute atomic E-state index is 14.2. The number of hydrogen-bond acceptors (Lipinski definition) is 1. The number of amides is 1. The molecule has 154 valence electrons. The highest BCUT2D eigenvalue weighted by molar-refractivity contribution is 6.30. The lowest BCUT2D eigenvalue weighted by Crippen LogP contribution is -2.54. The Labute approximate surface area is 182 Å². The van der Waals surface area contributed by atoms with Crippen LogP contribution in [0.5, 0.6) is 0 Å². The maximum Gasteiger partial charge on any atom is 0.229 e. The van der Waals surface area contributed by atoms with E-state index in [2.05, 4.69) is 6.58 Å². The molecule has 5 heteroatoms. The monoisotopic (exact) mass is 433 g/mol. The highest BCUT2D eigenvalue weighted by atomic mass is 35.5. The zero-order valence-corrected chi connectivity index (χ0v) is 18.5. The SMILES string of the molecule is C=CC[C@@]1(C)C[C@H](c2cc(F)cc(Cl)c2)[C@@H](c2ccc(Cl)cc2)N(C(C)C)C1=O. The van der Waals surface area contributed by atoms with Crippen molar-refractivity contribution < 1.29 is 9.18 Å². The number of allylic oxidation sites excluding steroid dienone is 1. The fourth-order valence-corrected chi connectivity index (χ4v) is 4.86. The van der Waals surface area contributed by atoms with Gasteiger partial charge in [-0.3, -0.25) is 4.79 Å². The lowest BCUT2D eigenvalue weighted by atomic mass is 9.67. The molecule has 0 spiro atoms. The largest absolute Gasteiger partial charge is 0.332 e. The van der Waals surface area contributed by atoms with Crippen LogP contribution in [-0.4, -0.2) is 16.8 Å². The molecule has 1 saturated heterocycles. The zero-order valence-electron chi connectivity index (χ0n) is 17.0. The number of piperidine rings is 1. The minimum absolute atomic E-state index is 0.0286. The molecule has 2 aromatic carbocycles. The van der Waals surface area contributed by atoms with Gasteiger partial charge in [-0.25, -0.2) is 4.39 Å². The third kappa shape index (κ3) is 4.36. The maximum atomic E-state index is 14.2. The second-order valence-electron chi connectivity index (χ2n) is 8.37. The van der Waals surface area contributed by atoms with Gasteiger partial charge in [0.2, 0.25) is 5.91 Å². The average molecular weight is 434 g/mol. The van der Waals surface area contributed by atoms with E-state index >= 15 is 0 Å². The number of benzene rings is 2. The first-order chi connectivity index (χ1) is 13.7. The number of carbonyl (C=O) groups excluding carboxylic acids is 1. The number of carbonyl (C=O) groups is 1. The minimum atomic E-state index is -0.613. The van der Waals surface area contributed by atoms with Gasteiger partial charge in [0.25, 0.3) is 0 Å². The number of nitrogens with zero attached hydrogens (tertiary/aromatic N) is 1. The molecule has 2 aromatic rings. The Morgan fingerprint density at radius 1 is 1.17 bits per heavy atom. The minimum Gasteiger partial charge on any atom is -0.332 e. The highest BCUT2D eigenvalue weighted by Gasteiger charge is 2.49. The number of likely N-dealkylation sites (tertiary alicyclic amines) is 1. The third-order valence-corrected chi connectivity index (χ3v) is 6.25. The van der Waals surface area contributed by atoms with Crippen molar-refractivity contribution in [1.82, 2.24) is 4.90 Å². The molecule has 0 saturated carbocycles. The van der Waals surface area contributed by atoms with Crippen LogP contribution in [0.3, 0.4) is 0 Å². The van der Waals surface area contributed by atoms with Crippen LogP contribution in [0.1, 0.15) is 56.7 Å². The fraction of sp³-hybridized carbons (Fsp3) is 0.375. The van der Waals surface area contributed by atoms with Crippen LogP contribution in [0, 0.1) is 11.2 Å². The molecular formula is C24H26Cl2FNO. The zero-order chi connectivity index (χ0) is 21.3. The summed E-state index contributed by atoms with van der Waals surface area (Å²) in [5.41, 5.74) is 1.16. The smallest absolute Gasteiger partial charge is 0.229 e. The van der Waals surface area contributed by atoms with Gasteiger partial charge < -0.3 is 4.90 Å². The van der Waals surface area contributed by atoms with Crippen molar-refractivity contribution in [3.63, 3.8) is 0 Å². The van der Waals surface area contributed by atoms with E-state index in [1.165, 1.54) is 12.1 Å². The summed E-state index contributed by atoms with van der Waals surface area (Å²) in [6, 6.07) is 11.9. The van der Waals surface area contributed by atoms with E-state index in [9.17, 15) is 9.18 Å². The van der Waals surface area contributed by atoms with Gasteiger partial charge in [0.1, 0.15) is 5.82 Å². The molecule has 2 nitrogen and oxygen atoms in total. The van der Waals surface area contributed by atoms with E-state index in [0.29, 0.717) is 22.9 Å². The Kier molecular flexibility index (Phi) is 6.40. The van der Waals surface area contributed by atoms with Crippen LogP contribution in [0.15, 0.2) is 55.1 Å². The van der Waals surface area contributed by atoms with E-state index in [1.807, 2.05) is 49.9 Å². The first-order valence-electron chi connectivity index (χ1n) is 9.81. The molecule has 3 atom stereocenters. The predicted octanol–water partition coefficient (Wildman–Crippen LogP) is 7.18. The standard InChI is InChI=1S/C24H26Cl2FNO/c1-5-10-24(4)14-21(17-11-19(26)13-20(27)12-17)22(28(15(2)3)23(24)29)16-6-8-18(25)9-7-16/h5-9,11-13,15,21-22H,1,10,14H2,2-4H3/t21-,22-,24+/m1/s1. The topological polar surface area (TPSA) is 20.3 Å². The molecule has 0 unspecified atom stereocenters. The normalized spacial score (nSPS) is 24.8. The van der Waals surface area contributed by atoms with Crippen LogP contribution in [-0.2, 0) is 4.79 Å². The van der Waals surface area contributed by atoms with Gasteiger partial charge in [0, 0.05) is 22.0 Å².